The highest BCUT2D eigenvalue weighted by molar-refractivity contribution is 5.95. The Morgan fingerprint density at radius 2 is 1.83 bits per heavy atom. The number of benzene rings is 1. The second-order valence-corrected chi connectivity index (χ2v) is 5.75. The van der Waals surface area contributed by atoms with Crippen molar-refractivity contribution in [1.82, 2.24) is 15.3 Å². The van der Waals surface area contributed by atoms with Crippen molar-refractivity contribution in [3.05, 3.63) is 47.4 Å². The first-order valence-corrected chi connectivity index (χ1v) is 7.77. The lowest BCUT2D eigenvalue weighted by molar-refractivity contribution is 0.0941. The summed E-state index contributed by atoms with van der Waals surface area (Å²) in [6.07, 6.45) is 4.06. The lowest BCUT2D eigenvalue weighted by Gasteiger charge is -2.12. The molecule has 3 N–H and O–H groups in total. The van der Waals surface area contributed by atoms with Crippen LogP contribution in [0.4, 0.5) is 0 Å². The topological polar surface area (TPSA) is 95.3 Å². The molecular formula is C17H19N3O3. The van der Waals surface area contributed by atoms with E-state index in [1.165, 1.54) is 0 Å². The molecule has 6 heteroatoms. The second-order valence-electron chi connectivity index (χ2n) is 5.75. The number of hydrogen-bond acceptors (Lipinski definition) is 5. The predicted molar refractivity (Wildman–Crippen MR) is 84.2 cm³/mol. The van der Waals surface area contributed by atoms with Crippen LogP contribution in [0.2, 0.25) is 0 Å². The lowest BCUT2D eigenvalue weighted by Crippen LogP contribution is -2.24. The number of nitrogens with zero attached hydrogens (tertiary/aromatic N) is 2. The van der Waals surface area contributed by atoms with Gasteiger partial charge in [-0.05, 0) is 18.4 Å². The summed E-state index contributed by atoms with van der Waals surface area (Å²) >= 11 is 0. The molecule has 1 aromatic heterocycles. The van der Waals surface area contributed by atoms with E-state index < -0.39 is 17.5 Å². The fraction of sp³-hybridized carbons (Fsp3) is 0.353. The van der Waals surface area contributed by atoms with Gasteiger partial charge in [0.25, 0.3) is 11.8 Å². The van der Waals surface area contributed by atoms with Crippen molar-refractivity contribution in [2.24, 2.45) is 0 Å². The number of amides is 1. The number of aromatic hydroxyl groups is 2. The van der Waals surface area contributed by atoms with Crippen LogP contribution >= 0.6 is 0 Å². The average molecular weight is 313 g/mol. The minimum absolute atomic E-state index is 0.141. The number of aromatic nitrogens is 2. The highest BCUT2D eigenvalue weighted by Gasteiger charge is 2.25. The Kier molecular flexibility index (Phi) is 4.41. The van der Waals surface area contributed by atoms with E-state index in [1.807, 2.05) is 30.3 Å². The smallest absolute Gasteiger partial charge is 0.274 e. The predicted octanol–water partition coefficient (Wildman–Crippen LogP) is 2.48. The largest absolute Gasteiger partial charge is 0.501 e. The minimum atomic E-state index is -0.572. The van der Waals surface area contributed by atoms with E-state index >= 15 is 0 Å². The van der Waals surface area contributed by atoms with Gasteiger partial charge in [-0.1, -0.05) is 43.2 Å². The maximum Gasteiger partial charge on any atom is 0.274 e. The van der Waals surface area contributed by atoms with E-state index in [0.717, 1.165) is 31.2 Å². The Labute approximate surface area is 134 Å². The highest BCUT2D eigenvalue weighted by Crippen LogP contribution is 2.35. The third kappa shape index (κ3) is 3.41. The van der Waals surface area contributed by atoms with Crippen LogP contribution in [0.15, 0.2) is 30.3 Å². The van der Waals surface area contributed by atoms with Gasteiger partial charge in [-0.25, -0.2) is 4.98 Å². The van der Waals surface area contributed by atoms with Gasteiger partial charge in [-0.2, -0.15) is 4.98 Å². The molecule has 120 valence electrons. The third-order valence-corrected chi connectivity index (χ3v) is 4.11. The van der Waals surface area contributed by atoms with E-state index in [9.17, 15) is 15.0 Å². The van der Waals surface area contributed by atoms with Crippen LogP contribution in [0.3, 0.4) is 0 Å². The van der Waals surface area contributed by atoms with Crippen LogP contribution in [0.25, 0.3) is 0 Å². The van der Waals surface area contributed by atoms with E-state index in [1.54, 1.807) is 0 Å². The van der Waals surface area contributed by atoms with Crippen LogP contribution in [0.1, 0.15) is 53.5 Å². The van der Waals surface area contributed by atoms with Crippen LogP contribution in [0, 0.1) is 0 Å². The first-order valence-electron chi connectivity index (χ1n) is 7.77. The number of hydrogen-bond donors (Lipinski definition) is 3. The zero-order chi connectivity index (χ0) is 16.2. The Bertz CT molecular complexity index is 698. The van der Waals surface area contributed by atoms with Crippen LogP contribution in [0.5, 0.6) is 11.6 Å². The van der Waals surface area contributed by atoms with Gasteiger partial charge in [0.15, 0.2) is 5.69 Å². The molecular weight excluding hydrogens is 294 g/mol. The van der Waals surface area contributed by atoms with Crippen molar-refractivity contribution in [3.8, 4) is 11.6 Å². The monoisotopic (exact) mass is 313 g/mol. The fourth-order valence-electron chi connectivity index (χ4n) is 2.85. The second kappa shape index (κ2) is 6.64. The molecule has 0 bridgehead atoms. The Morgan fingerprint density at radius 1 is 1.13 bits per heavy atom. The van der Waals surface area contributed by atoms with Crippen molar-refractivity contribution in [2.45, 2.75) is 38.1 Å². The van der Waals surface area contributed by atoms with Gasteiger partial charge in [0, 0.05) is 12.5 Å². The highest BCUT2D eigenvalue weighted by atomic mass is 16.3. The molecule has 0 aliphatic heterocycles. The Balaban J connectivity index is 1.78. The molecule has 1 aliphatic rings. The molecule has 1 aromatic carbocycles. The maximum absolute atomic E-state index is 12.3. The molecule has 1 amide bonds. The number of rotatable bonds is 4. The maximum atomic E-state index is 12.3. The first kappa shape index (κ1) is 15.3. The summed E-state index contributed by atoms with van der Waals surface area (Å²) in [7, 11) is 0. The summed E-state index contributed by atoms with van der Waals surface area (Å²) in [5, 5.41) is 22.4. The lowest BCUT2D eigenvalue weighted by atomic mass is 10.1. The van der Waals surface area contributed by atoms with Crippen LogP contribution in [-0.4, -0.2) is 26.1 Å². The molecule has 3 rings (SSSR count). The van der Waals surface area contributed by atoms with Crippen molar-refractivity contribution < 1.29 is 15.0 Å². The molecule has 0 saturated heterocycles. The van der Waals surface area contributed by atoms with Gasteiger partial charge in [0.1, 0.15) is 5.82 Å². The van der Waals surface area contributed by atoms with Gasteiger partial charge in [-0.3, -0.25) is 4.79 Å². The standard InChI is InChI=1S/C17H19N3O3/c21-14-13(16(22)18-10-11-6-2-1-3-7-11)19-15(20-17(14)23)12-8-4-5-9-12/h1-3,6-7,12,21H,4-5,8-10H2,(H,18,22)(H,19,20,23). The summed E-state index contributed by atoms with van der Waals surface area (Å²) in [5.74, 6) is -1.06. The Morgan fingerprint density at radius 3 is 2.52 bits per heavy atom. The average Bonchev–Trinajstić information content (AvgIpc) is 3.10. The van der Waals surface area contributed by atoms with Crippen molar-refractivity contribution >= 4 is 5.91 Å². The van der Waals surface area contributed by atoms with Crippen molar-refractivity contribution in [1.29, 1.82) is 0 Å². The first-order chi connectivity index (χ1) is 11.1. The molecule has 0 unspecified atom stereocenters. The summed E-state index contributed by atoms with van der Waals surface area (Å²) in [5.41, 5.74) is 0.768. The molecule has 2 aromatic rings. The molecule has 1 fully saturated rings. The van der Waals surface area contributed by atoms with Crippen LogP contribution in [-0.2, 0) is 6.54 Å². The van der Waals surface area contributed by atoms with Crippen LogP contribution < -0.4 is 5.32 Å². The van der Waals surface area contributed by atoms with Crippen molar-refractivity contribution in [2.75, 3.05) is 0 Å². The zero-order valence-electron chi connectivity index (χ0n) is 12.7. The summed E-state index contributed by atoms with van der Waals surface area (Å²) in [4.78, 5) is 20.4. The normalized spacial score (nSPS) is 14.8. The van der Waals surface area contributed by atoms with Gasteiger partial charge >= 0.3 is 0 Å². The summed E-state index contributed by atoms with van der Waals surface area (Å²) in [6.45, 7) is 0.322. The number of carbonyl (C=O) groups is 1. The van der Waals surface area contributed by atoms with E-state index in [2.05, 4.69) is 15.3 Å². The number of carbonyl (C=O) groups excluding carboxylic acids is 1. The van der Waals surface area contributed by atoms with Gasteiger partial charge in [0.05, 0.1) is 0 Å². The third-order valence-electron chi connectivity index (χ3n) is 4.11. The van der Waals surface area contributed by atoms with Gasteiger partial charge < -0.3 is 15.5 Å². The molecule has 1 heterocycles. The Hall–Kier alpha value is -2.63. The molecule has 6 nitrogen and oxygen atoms in total. The molecule has 1 saturated carbocycles. The van der Waals surface area contributed by atoms with E-state index in [-0.39, 0.29) is 11.6 Å². The SMILES string of the molecule is O=C(NCc1ccccc1)c1nc(C2CCCC2)nc(O)c1O. The summed E-state index contributed by atoms with van der Waals surface area (Å²) < 4.78 is 0. The van der Waals surface area contributed by atoms with Gasteiger partial charge in [0.2, 0.25) is 5.75 Å². The minimum Gasteiger partial charge on any atom is -0.501 e. The fourth-order valence-corrected chi connectivity index (χ4v) is 2.85. The van der Waals surface area contributed by atoms with E-state index in [4.69, 9.17) is 0 Å². The molecule has 23 heavy (non-hydrogen) atoms. The molecule has 0 radical (unpaired) electrons. The molecule has 0 spiro atoms. The number of nitrogens with one attached hydrogen (secondary N) is 1. The molecule has 1 aliphatic carbocycles. The van der Waals surface area contributed by atoms with Crippen molar-refractivity contribution in [3.63, 3.8) is 0 Å². The quantitative estimate of drug-likeness (QED) is 0.806. The van der Waals surface area contributed by atoms with Gasteiger partial charge in [-0.15, -0.1) is 0 Å². The zero-order valence-corrected chi connectivity index (χ0v) is 12.7. The summed E-state index contributed by atoms with van der Waals surface area (Å²) in [6, 6.07) is 9.44. The van der Waals surface area contributed by atoms with E-state index in [0.29, 0.717) is 12.4 Å². The molecule has 0 atom stereocenters.